The highest BCUT2D eigenvalue weighted by molar-refractivity contribution is 5.94. The summed E-state index contributed by atoms with van der Waals surface area (Å²) >= 11 is 0. The molecule has 4 aromatic rings. The van der Waals surface area contributed by atoms with Gasteiger partial charge in [-0.3, -0.25) is 19.9 Å². The van der Waals surface area contributed by atoms with Crippen molar-refractivity contribution < 1.29 is 4.79 Å². The summed E-state index contributed by atoms with van der Waals surface area (Å²) in [5.41, 5.74) is 11.9. The van der Waals surface area contributed by atoms with Crippen LogP contribution in [-0.4, -0.2) is 26.1 Å². The van der Waals surface area contributed by atoms with E-state index in [1.807, 2.05) is 25.1 Å². The number of nitrogens with zero attached hydrogens (tertiary/aromatic N) is 3. The van der Waals surface area contributed by atoms with Crippen molar-refractivity contribution >= 4 is 33.9 Å². The lowest BCUT2D eigenvalue weighted by Crippen LogP contribution is -2.13. The molecule has 1 amide bonds. The second-order valence-corrected chi connectivity index (χ2v) is 7.92. The summed E-state index contributed by atoms with van der Waals surface area (Å²) in [4.78, 5) is 20.5. The van der Waals surface area contributed by atoms with Crippen molar-refractivity contribution in [3.8, 4) is 11.1 Å². The molecule has 3 aromatic heterocycles. The first-order valence-electron chi connectivity index (χ1n) is 10.3. The Hall–Kier alpha value is -3.94. The molecule has 156 valence electrons. The van der Waals surface area contributed by atoms with Crippen LogP contribution in [0.1, 0.15) is 31.5 Å². The number of hydrogen-bond acceptors (Lipinski definition) is 6. The number of carbonyl (C=O) groups is 1. The van der Waals surface area contributed by atoms with E-state index in [9.17, 15) is 4.79 Å². The molecule has 1 unspecified atom stereocenters. The van der Waals surface area contributed by atoms with Gasteiger partial charge < -0.3 is 16.4 Å². The third-order valence-corrected chi connectivity index (χ3v) is 5.53. The number of rotatable bonds is 6. The molecule has 0 aliphatic heterocycles. The molecule has 1 aliphatic carbocycles. The number of benzene rings is 1. The van der Waals surface area contributed by atoms with Crippen LogP contribution in [0.15, 0.2) is 55.1 Å². The fourth-order valence-electron chi connectivity index (χ4n) is 3.63. The van der Waals surface area contributed by atoms with Crippen molar-refractivity contribution in [2.45, 2.75) is 25.8 Å². The molecule has 8 heteroatoms. The summed E-state index contributed by atoms with van der Waals surface area (Å²) in [5, 5.41) is 14.9. The first kappa shape index (κ1) is 19.0. The Balaban J connectivity index is 1.43. The quantitative estimate of drug-likeness (QED) is 0.377. The van der Waals surface area contributed by atoms with E-state index in [2.05, 4.69) is 36.9 Å². The van der Waals surface area contributed by atoms with Gasteiger partial charge in [0.05, 0.1) is 46.7 Å². The van der Waals surface area contributed by atoms with Gasteiger partial charge in [-0.1, -0.05) is 6.07 Å². The highest BCUT2D eigenvalue weighted by Gasteiger charge is 2.29. The topological polar surface area (TPSA) is 122 Å². The van der Waals surface area contributed by atoms with Crippen molar-refractivity contribution in [3.05, 3.63) is 60.8 Å². The summed E-state index contributed by atoms with van der Waals surface area (Å²) in [6, 6.07) is 9.72. The average molecular weight is 413 g/mol. The molecule has 1 saturated carbocycles. The van der Waals surface area contributed by atoms with Crippen molar-refractivity contribution in [2.24, 2.45) is 5.92 Å². The number of amides is 1. The molecule has 0 spiro atoms. The van der Waals surface area contributed by atoms with Crippen LogP contribution in [0.5, 0.6) is 0 Å². The average Bonchev–Trinajstić information content (AvgIpc) is 3.54. The maximum Gasteiger partial charge on any atom is 0.227 e. The highest BCUT2D eigenvalue weighted by Crippen LogP contribution is 2.32. The molecule has 5 N–H and O–H groups in total. The van der Waals surface area contributed by atoms with E-state index in [-0.39, 0.29) is 17.9 Å². The summed E-state index contributed by atoms with van der Waals surface area (Å²) < 4.78 is 0. The molecule has 1 atom stereocenters. The third kappa shape index (κ3) is 3.92. The second kappa shape index (κ2) is 7.71. The molecule has 1 fully saturated rings. The van der Waals surface area contributed by atoms with Crippen LogP contribution in [0.2, 0.25) is 0 Å². The molecule has 8 nitrogen and oxygen atoms in total. The monoisotopic (exact) mass is 413 g/mol. The molecule has 0 saturated heterocycles. The van der Waals surface area contributed by atoms with Gasteiger partial charge in [0.15, 0.2) is 0 Å². The number of nitrogens with two attached hydrogens (primary N) is 1. The molecule has 0 bridgehead atoms. The number of nitrogens with one attached hydrogen (secondary N) is 3. The predicted octanol–water partition coefficient (Wildman–Crippen LogP) is 4.12. The fourth-order valence-corrected chi connectivity index (χ4v) is 3.63. The number of H-pyrrole nitrogens is 1. The number of aromatic amines is 1. The fraction of sp³-hybridized carbons (Fsp3) is 0.217. The van der Waals surface area contributed by atoms with Crippen molar-refractivity contribution in [1.29, 1.82) is 0 Å². The lowest BCUT2D eigenvalue weighted by atomic mass is 10.0. The van der Waals surface area contributed by atoms with Crippen LogP contribution in [-0.2, 0) is 4.79 Å². The minimum absolute atomic E-state index is 0.0611. The van der Waals surface area contributed by atoms with E-state index in [1.165, 1.54) is 0 Å². The van der Waals surface area contributed by atoms with Crippen LogP contribution in [0.4, 0.5) is 17.1 Å². The molecule has 5 rings (SSSR count). The molecular weight excluding hydrogens is 390 g/mol. The van der Waals surface area contributed by atoms with Crippen molar-refractivity contribution in [3.63, 3.8) is 0 Å². The van der Waals surface area contributed by atoms with Gasteiger partial charge in [0, 0.05) is 29.3 Å². The van der Waals surface area contributed by atoms with Crippen molar-refractivity contribution in [2.75, 3.05) is 16.4 Å². The molecule has 31 heavy (non-hydrogen) atoms. The van der Waals surface area contributed by atoms with Gasteiger partial charge in [0.1, 0.15) is 0 Å². The SMILES string of the molecule is CC(Nc1cnccc1N)c1[nH]nc2ccc(-c3cncc(NC(=O)C4CC4)c3)cc12. The van der Waals surface area contributed by atoms with Crippen LogP contribution in [0.3, 0.4) is 0 Å². The lowest BCUT2D eigenvalue weighted by Gasteiger charge is -2.15. The molecular formula is C23H23N7O. The summed E-state index contributed by atoms with van der Waals surface area (Å²) in [6.45, 7) is 2.04. The smallest absolute Gasteiger partial charge is 0.227 e. The standard InChI is InChI=1S/C23H23N7O/c1-13(27-21-12-25-7-6-19(21)24)22-18-9-15(4-5-20(18)29-30-22)16-8-17(11-26-10-16)28-23(31)14-2-3-14/h4-14,27H,2-3H2,1H3,(H2,24,25)(H,28,31)(H,29,30). The summed E-state index contributed by atoms with van der Waals surface area (Å²) in [7, 11) is 0. The van der Waals surface area contributed by atoms with Crippen LogP contribution >= 0.6 is 0 Å². The molecule has 1 aromatic carbocycles. The van der Waals surface area contributed by atoms with Crippen LogP contribution in [0.25, 0.3) is 22.0 Å². The number of pyridine rings is 2. The Labute approximate surface area is 179 Å². The Bertz CT molecular complexity index is 1260. The van der Waals surface area contributed by atoms with Gasteiger partial charge >= 0.3 is 0 Å². The number of hydrogen-bond donors (Lipinski definition) is 4. The van der Waals surface area contributed by atoms with Crippen LogP contribution < -0.4 is 16.4 Å². The number of nitrogen functional groups attached to an aromatic ring is 1. The highest BCUT2D eigenvalue weighted by atomic mass is 16.2. The third-order valence-electron chi connectivity index (χ3n) is 5.53. The number of aromatic nitrogens is 4. The Kier molecular flexibility index (Phi) is 4.74. The largest absolute Gasteiger partial charge is 0.397 e. The summed E-state index contributed by atoms with van der Waals surface area (Å²) in [5.74, 6) is 0.220. The van der Waals surface area contributed by atoms with Gasteiger partial charge in [0.2, 0.25) is 5.91 Å². The van der Waals surface area contributed by atoms with E-state index in [0.29, 0.717) is 11.4 Å². The maximum atomic E-state index is 12.1. The van der Waals surface area contributed by atoms with Gasteiger partial charge in [-0.05, 0) is 49.6 Å². The zero-order valence-corrected chi connectivity index (χ0v) is 17.1. The van der Waals surface area contributed by atoms with E-state index in [4.69, 9.17) is 5.73 Å². The van der Waals surface area contributed by atoms with E-state index < -0.39 is 0 Å². The second-order valence-electron chi connectivity index (χ2n) is 7.92. The van der Waals surface area contributed by atoms with E-state index >= 15 is 0 Å². The molecule has 0 radical (unpaired) electrons. The lowest BCUT2D eigenvalue weighted by molar-refractivity contribution is -0.117. The molecule has 3 heterocycles. The minimum Gasteiger partial charge on any atom is -0.397 e. The van der Waals surface area contributed by atoms with Crippen molar-refractivity contribution in [1.82, 2.24) is 20.2 Å². The minimum atomic E-state index is -0.0611. The number of carbonyl (C=O) groups excluding carboxylic acids is 1. The Morgan fingerprint density at radius 3 is 2.81 bits per heavy atom. The van der Waals surface area contributed by atoms with E-state index in [0.717, 1.165) is 46.3 Å². The van der Waals surface area contributed by atoms with Crippen LogP contribution in [0, 0.1) is 5.92 Å². The van der Waals surface area contributed by atoms with Gasteiger partial charge in [0.25, 0.3) is 0 Å². The van der Waals surface area contributed by atoms with Gasteiger partial charge in [-0.2, -0.15) is 5.10 Å². The zero-order chi connectivity index (χ0) is 21.4. The Morgan fingerprint density at radius 1 is 1.13 bits per heavy atom. The zero-order valence-electron chi connectivity index (χ0n) is 17.1. The first-order chi connectivity index (χ1) is 15.1. The maximum absolute atomic E-state index is 12.1. The number of fused-ring (bicyclic) bond motifs is 1. The molecule has 1 aliphatic rings. The van der Waals surface area contributed by atoms with Gasteiger partial charge in [-0.15, -0.1) is 0 Å². The first-order valence-corrected chi connectivity index (χ1v) is 10.3. The normalized spacial score (nSPS) is 14.4. The Morgan fingerprint density at radius 2 is 2.00 bits per heavy atom. The van der Waals surface area contributed by atoms with Gasteiger partial charge in [-0.25, -0.2) is 0 Å². The van der Waals surface area contributed by atoms with E-state index in [1.54, 1.807) is 30.9 Å². The summed E-state index contributed by atoms with van der Waals surface area (Å²) in [6.07, 6.45) is 8.79. The predicted molar refractivity (Wildman–Crippen MR) is 121 cm³/mol. The number of anilines is 3.